The fourth-order valence-electron chi connectivity index (χ4n) is 0.678. The van der Waals surface area contributed by atoms with E-state index in [-0.39, 0.29) is 0 Å². The van der Waals surface area contributed by atoms with Gasteiger partial charge >= 0.3 is 18.4 Å². The molecule has 0 bridgehead atoms. The van der Waals surface area contributed by atoms with Gasteiger partial charge in [0.25, 0.3) is 0 Å². The Hall–Kier alpha value is -1.15. The largest absolute Gasteiger partial charge is 0.440 e. The number of carbonyl (C=O) groups excluding carboxylic acids is 1. The summed E-state index contributed by atoms with van der Waals surface area (Å²) in [6.45, 7) is -2.16. The molecule has 0 saturated heterocycles. The molecule has 0 aliphatic heterocycles. The smallest absolute Gasteiger partial charge is 0.422 e. The number of alkyl carbamates (subject to hydrolysis) is 1. The van der Waals surface area contributed by atoms with Gasteiger partial charge in [0.2, 0.25) is 0 Å². The first-order chi connectivity index (χ1) is 7.10. The second kappa shape index (κ2) is 5.80. The molecule has 96 valence electrons. The lowest BCUT2D eigenvalue weighted by Crippen LogP contribution is -2.30. The molecule has 0 aliphatic carbocycles. The van der Waals surface area contributed by atoms with Crippen molar-refractivity contribution in [2.45, 2.75) is 25.2 Å². The Kier molecular flexibility index (Phi) is 5.39. The number of hydrogen-bond acceptors (Lipinski definition) is 2. The zero-order valence-electron chi connectivity index (χ0n) is 7.91. The van der Waals surface area contributed by atoms with Gasteiger partial charge in [-0.05, 0) is 6.42 Å². The highest BCUT2D eigenvalue weighted by atomic mass is 19.4. The Bertz CT molecular complexity index is 224. The topological polar surface area (TPSA) is 38.3 Å². The van der Waals surface area contributed by atoms with Gasteiger partial charge in [0.1, 0.15) is 0 Å². The van der Waals surface area contributed by atoms with Crippen LogP contribution in [-0.2, 0) is 4.74 Å². The predicted octanol–water partition coefficient (Wildman–Crippen LogP) is 2.62. The minimum absolute atomic E-state index is 0.393. The van der Waals surface area contributed by atoms with Gasteiger partial charge in [0, 0.05) is 13.0 Å². The van der Waals surface area contributed by atoms with E-state index in [0.717, 1.165) is 0 Å². The second-order valence-electron chi connectivity index (χ2n) is 2.84. The van der Waals surface area contributed by atoms with E-state index < -0.39 is 44.4 Å². The van der Waals surface area contributed by atoms with E-state index in [1.165, 1.54) is 0 Å². The van der Waals surface area contributed by atoms with Crippen LogP contribution < -0.4 is 5.32 Å². The summed E-state index contributed by atoms with van der Waals surface area (Å²) in [4.78, 5) is 10.5. The first-order valence-electron chi connectivity index (χ1n) is 4.14. The first-order valence-corrected chi connectivity index (χ1v) is 4.14. The van der Waals surface area contributed by atoms with Crippen molar-refractivity contribution in [2.24, 2.45) is 0 Å². The van der Waals surface area contributed by atoms with Gasteiger partial charge in [-0.15, -0.1) is 0 Å². The Morgan fingerprint density at radius 1 is 1.06 bits per heavy atom. The zero-order valence-corrected chi connectivity index (χ0v) is 7.91. The first kappa shape index (κ1) is 14.8. The maximum atomic E-state index is 11.6. The number of hydrogen-bond donors (Lipinski definition) is 1. The molecule has 9 heteroatoms. The summed E-state index contributed by atoms with van der Waals surface area (Å²) in [5.74, 6) is 0. The van der Waals surface area contributed by atoms with Crippen LogP contribution in [0.25, 0.3) is 0 Å². The lowest BCUT2D eigenvalue weighted by atomic mass is 10.3. The molecule has 0 aromatic carbocycles. The van der Waals surface area contributed by atoms with Crippen LogP contribution >= 0.6 is 0 Å². The van der Waals surface area contributed by atoms with Crippen molar-refractivity contribution in [1.82, 2.24) is 5.32 Å². The molecular formula is C7H9F6NO2. The normalized spacial score (nSPS) is 12.4. The average molecular weight is 253 g/mol. The quantitative estimate of drug-likeness (QED) is 0.617. The fraction of sp³-hybridized carbons (Fsp3) is 0.857. The average Bonchev–Trinajstić information content (AvgIpc) is 2.06. The van der Waals surface area contributed by atoms with Crippen LogP contribution in [0.4, 0.5) is 31.1 Å². The number of alkyl halides is 6. The molecule has 0 heterocycles. The third-order valence-corrected chi connectivity index (χ3v) is 1.27. The number of amides is 1. The maximum absolute atomic E-state index is 11.6. The molecule has 0 fully saturated rings. The highest BCUT2D eigenvalue weighted by molar-refractivity contribution is 5.67. The summed E-state index contributed by atoms with van der Waals surface area (Å²) in [7, 11) is 0. The van der Waals surface area contributed by atoms with Gasteiger partial charge in [-0.2, -0.15) is 26.3 Å². The SMILES string of the molecule is O=C(NCCCC(F)(F)F)OCC(F)(F)F. The van der Waals surface area contributed by atoms with Gasteiger partial charge in [-0.3, -0.25) is 0 Å². The van der Waals surface area contributed by atoms with Crippen molar-refractivity contribution in [3.05, 3.63) is 0 Å². The number of carbonyl (C=O) groups is 1. The fourth-order valence-corrected chi connectivity index (χ4v) is 0.678. The Labute approximate surface area is 86.7 Å². The van der Waals surface area contributed by atoms with Crippen LogP contribution in [0.1, 0.15) is 12.8 Å². The molecule has 16 heavy (non-hydrogen) atoms. The van der Waals surface area contributed by atoms with Crippen molar-refractivity contribution in [3.8, 4) is 0 Å². The molecule has 0 radical (unpaired) electrons. The van der Waals surface area contributed by atoms with Crippen molar-refractivity contribution in [2.75, 3.05) is 13.2 Å². The minimum Gasteiger partial charge on any atom is -0.440 e. The highest BCUT2D eigenvalue weighted by Crippen LogP contribution is 2.20. The summed E-state index contributed by atoms with van der Waals surface area (Å²) in [5.41, 5.74) is 0. The van der Waals surface area contributed by atoms with Crippen LogP contribution in [0.2, 0.25) is 0 Å². The van der Waals surface area contributed by atoms with Crippen LogP contribution in [0.5, 0.6) is 0 Å². The van der Waals surface area contributed by atoms with Gasteiger partial charge in [0.05, 0.1) is 0 Å². The predicted molar refractivity (Wildman–Crippen MR) is 40.7 cm³/mol. The van der Waals surface area contributed by atoms with E-state index in [2.05, 4.69) is 4.74 Å². The minimum atomic E-state index is -4.65. The molecule has 1 N–H and O–H groups in total. The van der Waals surface area contributed by atoms with Crippen LogP contribution in [0.15, 0.2) is 0 Å². The Balaban J connectivity index is 3.52. The number of rotatable bonds is 4. The molecule has 1 amide bonds. The zero-order chi connectivity index (χ0) is 12.8. The van der Waals surface area contributed by atoms with E-state index in [0.29, 0.717) is 0 Å². The van der Waals surface area contributed by atoms with E-state index in [1.807, 2.05) is 0 Å². The molecule has 0 aromatic rings. The van der Waals surface area contributed by atoms with Crippen molar-refractivity contribution in [1.29, 1.82) is 0 Å². The highest BCUT2D eigenvalue weighted by Gasteiger charge is 2.29. The number of halogens is 6. The van der Waals surface area contributed by atoms with Crippen LogP contribution in [0.3, 0.4) is 0 Å². The van der Waals surface area contributed by atoms with E-state index >= 15 is 0 Å². The van der Waals surface area contributed by atoms with Crippen molar-refractivity contribution >= 4 is 6.09 Å². The second-order valence-corrected chi connectivity index (χ2v) is 2.84. The van der Waals surface area contributed by atoms with Gasteiger partial charge in [-0.1, -0.05) is 0 Å². The summed E-state index contributed by atoms with van der Waals surface area (Å²) in [6, 6.07) is 0. The van der Waals surface area contributed by atoms with Crippen LogP contribution in [0, 0.1) is 0 Å². The van der Waals surface area contributed by atoms with E-state index in [4.69, 9.17) is 0 Å². The Morgan fingerprint density at radius 3 is 2.06 bits per heavy atom. The molecule has 0 atom stereocenters. The molecule has 0 unspecified atom stereocenters. The summed E-state index contributed by atoms with van der Waals surface area (Å²) in [6.07, 6.45) is -11.9. The monoisotopic (exact) mass is 253 g/mol. The molecule has 3 nitrogen and oxygen atoms in total. The number of ether oxygens (including phenoxy) is 1. The summed E-state index contributed by atoms with van der Waals surface area (Å²) < 4.78 is 73.0. The maximum Gasteiger partial charge on any atom is 0.422 e. The molecule has 0 aromatic heterocycles. The van der Waals surface area contributed by atoms with Crippen LogP contribution in [-0.4, -0.2) is 31.6 Å². The third-order valence-electron chi connectivity index (χ3n) is 1.27. The van der Waals surface area contributed by atoms with Gasteiger partial charge in [-0.25, -0.2) is 4.79 Å². The lowest BCUT2D eigenvalue weighted by Gasteiger charge is -2.09. The van der Waals surface area contributed by atoms with E-state index in [1.54, 1.807) is 5.32 Å². The van der Waals surface area contributed by atoms with Gasteiger partial charge in [0.15, 0.2) is 6.61 Å². The van der Waals surface area contributed by atoms with Crippen molar-refractivity contribution in [3.63, 3.8) is 0 Å². The lowest BCUT2D eigenvalue weighted by molar-refractivity contribution is -0.160. The molecule has 0 aliphatic rings. The molecule has 0 spiro atoms. The third kappa shape index (κ3) is 10.9. The van der Waals surface area contributed by atoms with E-state index in [9.17, 15) is 31.1 Å². The molecule has 0 saturated carbocycles. The molecule has 0 rings (SSSR count). The van der Waals surface area contributed by atoms with Gasteiger partial charge < -0.3 is 10.1 Å². The summed E-state index contributed by atoms with van der Waals surface area (Å²) in [5, 5.41) is 1.77. The molecular weight excluding hydrogens is 244 g/mol. The Morgan fingerprint density at radius 2 is 1.62 bits per heavy atom. The standard InChI is InChI=1S/C7H9F6NO2/c8-6(9,10)2-1-3-14-5(15)16-4-7(11,12)13/h1-4H2,(H,14,15). The van der Waals surface area contributed by atoms with Crippen molar-refractivity contribution < 1.29 is 35.9 Å². The number of nitrogens with one attached hydrogen (secondary N) is 1. The summed E-state index contributed by atoms with van der Waals surface area (Å²) >= 11 is 0.